The first-order chi connectivity index (χ1) is 3.63. The quantitative estimate of drug-likeness (QED) is 0.537. The smallest absolute Gasteiger partial charge is 0.0305 e. The van der Waals surface area contributed by atoms with Crippen LogP contribution in [0.2, 0.25) is 19.1 Å². The predicted molar refractivity (Wildman–Crippen MR) is 49.9 cm³/mol. The molecular formula is C8H22Si. The van der Waals surface area contributed by atoms with Gasteiger partial charge in [-0.2, -0.15) is 0 Å². The van der Waals surface area contributed by atoms with Crippen LogP contribution in [0.3, 0.4) is 0 Å². The summed E-state index contributed by atoms with van der Waals surface area (Å²) in [6.45, 7) is 9.44. The molecule has 0 aliphatic heterocycles. The molecule has 0 N–H and O–H groups in total. The molecule has 0 fully saturated rings. The fourth-order valence-corrected chi connectivity index (χ4v) is 2.00. The maximum atomic E-state index is 2.42. The molecule has 0 amide bonds. The van der Waals surface area contributed by atoms with Crippen LogP contribution in [0, 0.1) is 5.92 Å². The molecule has 0 nitrogen and oxygen atoms in total. The van der Waals surface area contributed by atoms with Gasteiger partial charge in [0.25, 0.3) is 0 Å². The third-order valence-electron chi connectivity index (χ3n) is 1.32. The van der Waals surface area contributed by atoms with Crippen LogP contribution in [0.5, 0.6) is 0 Å². The van der Waals surface area contributed by atoms with Gasteiger partial charge in [-0.1, -0.05) is 46.8 Å². The van der Waals surface area contributed by atoms with Crippen LogP contribution in [0.1, 0.15) is 27.7 Å². The minimum absolute atomic E-state index is 0. The van der Waals surface area contributed by atoms with E-state index in [-0.39, 0.29) is 16.2 Å². The molecule has 0 spiro atoms. The van der Waals surface area contributed by atoms with E-state index in [1.165, 1.54) is 12.5 Å². The standard InChI is InChI=1S/C7H18Si.CH4/c1-7(2)5-6-8(3)4;/h7-8H,5-6H2,1-4H3;1H4. The van der Waals surface area contributed by atoms with Crippen molar-refractivity contribution in [2.24, 2.45) is 5.92 Å². The average molecular weight is 146 g/mol. The number of hydrogen-bond acceptors (Lipinski definition) is 0. The van der Waals surface area contributed by atoms with Crippen molar-refractivity contribution in [2.75, 3.05) is 0 Å². The number of rotatable bonds is 3. The molecule has 0 aliphatic rings. The van der Waals surface area contributed by atoms with Gasteiger partial charge in [-0.15, -0.1) is 0 Å². The third-order valence-corrected chi connectivity index (χ3v) is 2.81. The van der Waals surface area contributed by atoms with Gasteiger partial charge in [0.15, 0.2) is 0 Å². The Morgan fingerprint density at radius 1 is 1.22 bits per heavy atom. The van der Waals surface area contributed by atoms with Crippen LogP contribution in [-0.4, -0.2) is 8.80 Å². The fourth-order valence-electron chi connectivity index (χ4n) is 0.667. The van der Waals surface area contributed by atoms with Crippen LogP contribution in [0.4, 0.5) is 0 Å². The van der Waals surface area contributed by atoms with Gasteiger partial charge in [0.2, 0.25) is 0 Å². The third kappa shape index (κ3) is 11.7. The Morgan fingerprint density at radius 2 is 1.67 bits per heavy atom. The number of hydrogen-bond donors (Lipinski definition) is 0. The molecule has 0 bridgehead atoms. The Labute approximate surface area is 62.3 Å². The van der Waals surface area contributed by atoms with Crippen LogP contribution in [0.15, 0.2) is 0 Å². The Hall–Kier alpha value is 0.217. The van der Waals surface area contributed by atoms with Crippen molar-refractivity contribution in [3.05, 3.63) is 0 Å². The summed E-state index contributed by atoms with van der Waals surface area (Å²) in [6.07, 6.45) is 1.45. The first-order valence-electron chi connectivity index (χ1n) is 3.63. The van der Waals surface area contributed by atoms with Crippen LogP contribution in [-0.2, 0) is 0 Å². The van der Waals surface area contributed by atoms with Gasteiger partial charge >= 0.3 is 0 Å². The zero-order valence-corrected chi connectivity index (χ0v) is 7.72. The highest BCUT2D eigenvalue weighted by atomic mass is 28.3. The summed E-state index contributed by atoms with van der Waals surface area (Å²) >= 11 is 0. The molecule has 0 saturated heterocycles. The first-order valence-corrected chi connectivity index (χ1v) is 6.75. The van der Waals surface area contributed by atoms with Crippen molar-refractivity contribution in [3.63, 3.8) is 0 Å². The van der Waals surface area contributed by atoms with Crippen molar-refractivity contribution in [1.82, 2.24) is 0 Å². The largest absolute Gasteiger partial charge is 0.0776 e. The summed E-state index contributed by atoms with van der Waals surface area (Å²) in [5, 5.41) is 0. The van der Waals surface area contributed by atoms with E-state index in [0.29, 0.717) is 0 Å². The Morgan fingerprint density at radius 3 is 1.78 bits per heavy atom. The first kappa shape index (κ1) is 11.9. The lowest BCUT2D eigenvalue weighted by atomic mass is 10.2. The Balaban J connectivity index is 0. The summed E-state index contributed by atoms with van der Waals surface area (Å²) in [6, 6.07) is 1.53. The van der Waals surface area contributed by atoms with Gasteiger partial charge in [0.1, 0.15) is 0 Å². The summed E-state index contributed by atoms with van der Waals surface area (Å²) in [5.41, 5.74) is 0. The predicted octanol–water partition coefficient (Wildman–Crippen LogP) is 3.16. The van der Waals surface area contributed by atoms with Gasteiger partial charge in [-0.25, -0.2) is 0 Å². The Bertz CT molecular complexity index is 40.5. The maximum absolute atomic E-state index is 2.42. The zero-order valence-electron chi connectivity index (χ0n) is 6.57. The van der Waals surface area contributed by atoms with E-state index in [0.717, 1.165) is 5.92 Å². The van der Waals surface area contributed by atoms with E-state index in [1.54, 1.807) is 0 Å². The molecule has 0 radical (unpaired) electrons. The van der Waals surface area contributed by atoms with Crippen molar-refractivity contribution in [3.8, 4) is 0 Å². The summed E-state index contributed by atoms with van der Waals surface area (Å²) in [5.74, 6) is 0.921. The summed E-state index contributed by atoms with van der Waals surface area (Å²) in [7, 11) is -0.227. The van der Waals surface area contributed by atoms with Crippen LogP contribution in [0.25, 0.3) is 0 Å². The van der Waals surface area contributed by atoms with Gasteiger partial charge in [-0.05, 0) is 5.92 Å². The van der Waals surface area contributed by atoms with E-state index in [1.807, 2.05) is 0 Å². The van der Waals surface area contributed by atoms with E-state index >= 15 is 0 Å². The van der Waals surface area contributed by atoms with E-state index in [2.05, 4.69) is 26.9 Å². The average Bonchev–Trinajstić information content (AvgIpc) is 1.61. The molecule has 0 aromatic rings. The molecule has 0 aromatic carbocycles. The normalized spacial score (nSPS) is 10.0. The van der Waals surface area contributed by atoms with Crippen molar-refractivity contribution in [2.45, 2.75) is 46.8 Å². The van der Waals surface area contributed by atoms with Crippen LogP contribution < -0.4 is 0 Å². The van der Waals surface area contributed by atoms with E-state index < -0.39 is 0 Å². The molecule has 0 saturated carbocycles. The maximum Gasteiger partial charge on any atom is 0.0305 e. The fraction of sp³-hybridized carbons (Fsp3) is 1.00. The molecule has 0 unspecified atom stereocenters. The topological polar surface area (TPSA) is 0 Å². The highest BCUT2D eigenvalue weighted by Gasteiger charge is 1.97. The lowest BCUT2D eigenvalue weighted by Gasteiger charge is -2.04. The van der Waals surface area contributed by atoms with Crippen LogP contribution >= 0.6 is 0 Å². The van der Waals surface area contributed by atoms with Gasteiger partial charge in [0, 0.05) is 8.80 Å². The second kappa shape index (κ2) is 6.34. The molecule has 58 valence electrons. The summed E-state index contributed by atoms with van der Waals surface area (Å²) in [4.78, 5) is 0. The van der Waals surface area contributed by atoms with Gasteiger partial charge < -0.3 is 0 Å². The highest BCUT2D eigenvalue weighted by molar-refractivity contribution is 6.55. The SMILES string of the molecule is C.CC(C)CC[SiH](C)C. The molecule has 9 heavy (non-hydrogen) atoms. The molecule has 1 heteroatoms. The van der Waals surface area contributed by atoms with E-state index in [4.69, 9.17) is 0 Å². The minimum Gasteiger partial charge on any atom is -0.0776 e. The van der Waals surface area contributed by atoms with Gasteiger partial charge in [-0.3, -0.25) is 0 Å². The Kier molecular flexibility index (Phi) is 8.41. The van der Waals surface area contributed by atoms with Crippen molar-refractivity contribution in [1.29, 1.82) is 0 Å². The summed E-state index contributed by atoms with van der Waals surface area (Å²) < 4.78 is 0. The molecule has 0 atom stereocenters. The highest BCUT2D eigenvalue weighted by Crippen LogP contribution is 2.06. The molecule has 0 rings (SSSR count). The zero-order chi connectivity index (χ0) is 6.57. The molecular weight excluding hydrogens is 124 g/mol. The lowest BCUT2D eigenvalue weighted by molar-refractivity contribution is 0.622. The van der Waals surface area contributed by atoms with E-state index in [9.17, 15) is 0 Å². The minimum atomic E-state index is -0.227. The monoisotopic (exact) mass is 146 g/mol. The van der Waals surface area contributed by atoms with Crippen molar-refractivity contribution < 1.29 is 0 Å². The molecule has 0 heterocycles. The molecule has 0 aliphatic carbocycles. The lowest BCUT2D eigenvalue weighted by Crippen LogP contribution is -2.00. The van der Waals surface area contributed by atoms with Gasteiger partial charge in [0.05, 0.1) is 0 Å². The second-order valence-electron chi connectivity index (χ2n) is 3.37. The van der Waals surface area contributed by atoms with Crippen molar-refractivity contribution >= 4 is 8.80 Å². The second-order valence-corrected chi connectivity index (χ2v) is 6.73. The molecule has 0 aromatic heterocycles.